The van der Waals surface area contributed by atoms with Crippen molar-refractivity contribution >= 4 is 15.7 Å². The highest BCUT2D eigenvalue weighted by molar-refractivity contribution is 7.89. The zero-order valence-corrected chi connectivity index (χ0v) is 13.0. The summed E-state index contributed by atoms with van der Waals surface area (Å²) in [5.41, 5.74) is 4.87. The normalized spacial score (nSPS) is 12.0. The summed E-state index contributed by atoms with van der Waals surface area (Å²) < 4.78 is 52.8. The molecule has 0 radical (unpaired) electrons. The maximum absolute atomic E-state index is 13.5. The van der Waals surface area contributed by atoms with E-state index >= 15 is 0 Å². The van der Waals surface area contributed by atoms with Crippen LogP contribution in [0.25, 0.3) is 0 Å². The van der Waals surface area contributed by atoms with Gasteiger partial charge in [0, 0.05) is 12.6 Å². The summed E-state index contributed by atoms with van der Waals surface area (Å²) >= 11 is 0. The van der Waals surface area contributed by atoms with Crippen LogP contribution >= 0.6 is 0 Å². The minimum absolute atomic E-state index is 0.176. The van der Waals surface area contributed by atoms with Gasteiger partial charge in [-0.25, -0.2) is 21.9 Å². The molecule has 5 nitrogen and oxygen atoms in total. The predicted octanol–water partition coefficient (Wildman–Crippen LogP) is 1.56. The van der Waals surface area contributed by atoms with Crippen molar-refractivity contribution in [1.82, 2.24) is 9.62 Å². The molecule has 0 bridgehead atoms. The molecule has 0 aliphatic carbocycles. The standard InChI is InChI=1S/C13H21F2N3O2S/c1-3-18(4-2)7-5-6-17-21(19,20)13-9-12(16)10(14)8-11(13)15/h8-9,17H,3-7,16H2,1-2H3. The predicted molar refractivity (Wildman–Crippen MR) is 78.4 cm³/mol. The Morgan fingerprint density at radius 3 is 2.38 bits per heavy atom. The molecule has 0 spiro atoms. The van der Waals surface area contributed by atoms with Crippen LogP contribution in [0, 0.1) is 11.6 Å². The second-order valence-corrected chi connectivity index (χ2v) is 6.32. The lowest BCUT2D eigenvalue weighted by atomic mass is 10.3. The monoisotopic (exact) mass is 321 g/mol. The van der Waals surface area contributed by atoms with Gasteiger partial charge in [0.25, 0.3) is 0 Å². The van der Waals surface area contributed by atoms with Gasteiger partial charge in [0.2, 0.25) is 10.0 Å². The van der Waals surface area contributed by atoms with Crippen molar-refractivity contribution in [3.05, 3.63) is 23.8 Å². The molecule has 0 saturated carbocycles. The van der Waals surface area contributed by atoms with Gasteiger partial charge in [0.1, 0.15) is 16.5 Å². The van der Waals surface area contributed by atoms with Crippen molar-refractivity contribution in [3.8, 4) is 0 Å². The Bertz CT molecular complexity index is 575. The molecule has 0 saturated heterocycles. The number of hydrogen-bond acceptors (Lipinski definition) is 4. The molecule has 1 rings (SSSR count). The van der Waals surface area contributed by atoms with Gasteiger partial charge in [0.15, 0.2) is 0 Å². The number of nitrogens with one attached hydrogen (secondary N) is 1. The highest BCUT2D eigenvalue weighted by atomic mass is 32.2. The molecular weight excluding hydrogens is 300 g/mol. The maximum atomic E-state index is 13.5. The van der Waals surface area contributed by atoms with Gasteiger partial charge in [-0.15, -0.1) is 0 Å². The highest BCUT2D eigenvalue weighted by Gasteiger charge is 2.20. The smallest absolute Gasteiger partial charge is 0.243 e. The van der Waals surface area contributed by atoms with Crippen LogP contribution in [0.15, 0.2) is 17.0 Å². The van der Waals surface area contributed by atoms with Crippen molar-refractivity contribution in [2.24, 2.45) is 0 Å². The number of anilines is 1. The van der Waals surface area contributed by atoms with E-state index in [0.717, 1.165) is 25.7 Å². The average molecular weight is 321 g/mol. The largest absolute Gasteiger partial charge is 0.396 e. The Kier molecular flexibility index (Phi) is 6.50. The lowest BCUT2D eigenvalue weighted by Gasteiger charge is -2.17. The van der Waals surface area contributed by atoms with E-state index in [-0.39, 0.29) is 6.54 Å². The minimum atomic E-state index is -4.03. The van der Waals surface area contributed by atoms with Gasteiger partial charge >= 0.3 is 0 Å². The third-order valence-corrected chi connectivity index (χ3v) is 4.65. The van der Waals surface area contributed by atoms with Crippen LogP contribution in [-0.4, -0.2) is 39.5 Å². The van der Waals surface area contributed by atoms with E-state index in [4.69, 9.17) is 5.73 Å². The third-order valence-electron chi connectivity index (χ3n) is 3.18. The van der Waals surface area contributed by atoms with Gasteiger partial charge < -0.3 is 10.6 Å². The summed E-state index contributed by atoms with van der Waals surface area (Å²) in [5.74, 6) is -2.13. The van der Waals surface area contributed by atoms with Crippen LogP contribution in [0.4, 0.5) is 14.5 Å². The molecule has 1 aromatic rings. The Labute approximate surface area is 124 Å². The van der Waals surface area contributed by atoms with Crippen molar-refractivity contribution in [1.29, 1.82) is 0 Å². The minimum Gasteiger partial charge on any atom is -0.396 e. The van der Waals surface area contributed by atoms with Crippen LogP contribution in [-0.2, 0) is 10.0 Å². The molecular formula is C13H21F2N3O2S. The molecule has 0 aliphatic heterocycles. The van der Waals surface area contributed by atoms with Crippen molar-refractivity contribution in [2.75, 3.05) is 31.9 Å². The summed E-state index contributed by atoms with van der Waals surface area (Å²) in [7, 11) is -4.03. The molecule has 21 heavy (non-hydrogen) atoms. The SMILES string of the molecule is CCN(CC)CCCNS(=O)(=O)c1cc(N)c(F)cc1F. The Hall–Kier alpha value is -1.25. The lowest BCUT2D eigenvalue weighted by Crippen LogP contribution is -2.30. The van der Waals surface area contributed by atoms with Crippen LogP contribution < -0.4 is 10.5 Å². The zero-order chi connectivity index (χ0) is 16.0. The molecule has 1 aromatic carbocycles. The molecule has 0 aromatic heterocycles. The van der Waals surface area contributed by atoms with Crippen LogP contribution in [0.1, 0.15) is 20.3 Å². The van der Waals surface area contributed by atoms with Gasteiger partial charge in [-0.3, -0.25) is 0 Å². The van der Waals surface area contributed by atoms with E-state index in [9.17, 15) is 17.2 Å². The first-order chi connectivity index (χ1) is 9.81. The first-order valence-corrected chi connectivity index (χ1v) is 8.26. The molecule has 3 N–H and O–H groups in total. The zero-order valence-electron chi connectivity index (χ0n) is 12.2. The molecule has 8 heteroatoms. The number of halogens is 2. The molecule has 0 aliphatic rings. The number of nitrogens with zero attached hydrogens (tertiary/aromatic N) is 1. The molecule has 120 valence electrons. The number of hydrogen-bond donors (Lipinski definition) is 2. The lowest BCUT2D eigenvalue weighted by molar-refractivity contribution is 0.300. The van der Waals surface area contributed by atoms with E-state index in [2.05, 4.69) is 9.62 Å². The van der Waals surface area contributed by atoms with Crippen LogP contribution in [0.5, 0.6) is 0 Å². The van der Waals surface area contributed by atoms with Crippen molar-refractivity contribution in [2.45, 2.75) is 25.2 Å². The van der Waals surface area contributed by atoms with E-state index in [1.54, 1.807) is 0 Å². The van der Waals surface area contributed by atoms with Gasteiger partial charge in [0.05, 0.1) is 5.69 Å². The number of rotatable bonds is 8. The molecule has 0 heterocycles. The first-order valence-electron chi connectivity index (χ1n) is 6.78. The number of nitrogen functional groups attached to an aromatic ring is 1. The van der Waals surface area contributed by atoms with Crippen molar-refractivity contribution in [3.63, 3.8) is 0 Å². The fraction of sp³-hybridized carbons (Fsp3) is 0.538. The fourth-order valence-electron chi connectivity index (χ4n) is 1.88. The molecule has 0 fully saturated rings. The first kappa shape index (κ1) is 17.8. The van der Waals surface area contributed by atoms with Gasteiger partial charge in [-0.05, 0) is 32.1 Å². The second kappa shape index (κ2) is 7.67. The molecule has 0 atom stereocenters. The van der Waals surface area contributed by atoms with Crippen molar-refractivity contribution < 1.29 is 17.2 Å². The molecule has 0 unspecified atom stereocenters. The van der Waals surface area contributed by atoms with E-state index in [1.807, 2.05) is 13.8 Å². The quantitative estimate of drug-likeness (QED) is 0.563. The maximum Gasteiger partial charge on any atom is 0.243 e. The van der Waals surface area contributed by atoms with E-state index in [1.165, 1.54) is 0 Å². The summed E-state index contributed by atoms with van der Waals surface area (Å²) in [6.07, 6.45) is 0.596. The van der Waals surface area contributed by atoms with E-state index in [0.29, 0.717) is 12.5 Å². The number of benzene rings is 1. The van der Waals surface area contributed by atoms with Gasteiger partial charge in [-0.2, -0.15) is 0 Å². The summed E-state index contributed by atoms with van der Waals surface area (Å²) in [6, 6.07) is 1.26. The Morgan fingerprint density at radius 2 is 1.81 bits per heavy atom. The summed E-state index contributed by atoms with van der Waals surface area (Å²) in [4.78, 5) is 1.51. The number of nitrogens with two attached hydrogens (primary N) is 1. The summed E-state index contributed by atoms with van der Waals surface area (Å²) in [5, 5.41) is 0. The van der Waals surface area contributed by atoms with E-state index < -0.39 is 32.2 Å². The second-order valence-electron chi connectivity index (χ2n) is 4.58. The van der Waals surface area contributed by atoms with Crippen LogP contribution in [0.3, 0.4) is 0 Å². The fourth-order valence-corrected chi connectivity index (χ4v) is 3.04. The Morgan fingerprint density at radius 1 is 1.19 bits per heavy atom. The van der Waals surface area contributed by atoms with Crippen LogP contribution in [0.2, 0.25) is 0 Å². The molecule has 0 amide bonds. The number of sulfonamides is 1. The average Bonchev–Trinajstić information content (AvgIpc) is 2.43. The highest BCUT2D eigenvalue weighted by Crippen LogP contribution is 2.20. The third kappa shape index (κ3) is 4.90. The summed E-state index contributed by atoms with van der Waals surface area (Å²) in [6.45, 7) is 6.71. The van der Waals surface area contributed by atoms with Gasteiger partial charge in [-0.1, -0.05) is 13.8 Å². The Balaban J connectivity index is 2.68. The topological polar surface area (TPSA) is 75.4 Å².